The largest absolute Gasteiger partial charge is 0.300 e. The molecule has 3 atom stereocenters. The van der Waals surface area contributed by atoms with Crippen molar-refractivity contribution in [2.45, 2.75) is 64.5 Å². The predicted octanol–water partition coefficient (Wildman–Crippen LogP) is 1.94. The van der Waals surface area contributed by atoms with Crippen LogP contribution < -0.4 is 5.32 Å². The number of hydrogen-bond donors (Lipinski definition) is 1. The average Bonchev–Trinajstić information content (AvgIpc) is 2.59. The highest BCUT2D eigenvalue weighted by Gasteiger charge is 2.55. The molecule has 4 nitrogen and oxygen atoms in total. The molecule has 2 bridgehead atoms. The first-order valence-corrected chi connectivity index (χ1v) is 7.97. The second-order valence-corrected chi connectivity index (χ2v) is 7.59. The molecule has 112 valence electrons. The van der Waals surface area contributed by atoms with Crippen molar-refractivity contribution in [3.8, 4) is 0 Å². The number of hydrogen-bond acceptors (Lipinski definition) is 3. The lowest BCUT2D eigenvalue weighted by atomic mass is 9.60. The molecule has 0 aromatic rings. The van der Waals surface area contributed by atoms with Crippen molar-refractivity contribution in [2.24, 2.45) is 17.3 Å². The number of rotatable bonds is 2. The zero-order chi connectivity index (χ0) is 14.5. The van der Waals surface area contributed by atoms with E-state index in [4.69, 9.17) is 0 Å². The Hall–Kier alpha value is -0.900. The highest BCUT2D eigenvalue weighted by molar-refractivity contribution is 5.99. The van der Waals surface area contributed by atoms with E-state index in [-0.39, 0.29) is 23.1 Å². The highest BCUT2D eigenvalue weighted by atomic mass is 16.2. The molecule has 0 aromatic carbocycles. The van der Waals surface area contributed by atoms with Crippen molar-refractivity contribution >= 4 is 11.8 Å². The van der Waals surface area contributed by atoms with Gasteiger partial charge < -0.3 is 4.90 Å². The number of amides is 2. The number of carbonyl (C=O) groups is 2. The van der Waals surface area contributed by atoms with Crippen LogP contribution in [0.2, 0.25) is 0 Å². The average molecular weight is 278 g/mol. The molecule has 3 heterocycles. The van der Waals surface area contributed by atoms with Crippen LogP contribution in [0.3, 0.4) is 0 Å². The summed E-state index contributed by atoms with van der Waals surface area (Å²) in [6.07, 6.45) is 5.96. The Bertz CT molecular complexity index is 418. The first kappa shape index (κ1) is 14.1. The monoisotopic (exact) mass is 278 g/mol. The third-order valence-corrected chi connectivity index (χ3v) is 5.81. The SMILES string of the molecule is CC(C)CC1C(=O)NC(=O)CC12CC1CCC(C2)N1C. The van der Waals surface area contributed by atoms with Gasteiger partial charge in [0.1, 0.15) is 0 Å². The predicted molar refractivity (Wildman–Crippen MR) is 77.0 cm³/mol. The Morgan fingerprint density at radius 1 is 1.25 bits per heavy atom. The number of nitrogens with one attached hydrogen (secondary N) is 1. The van der Waals surface area contributed by atoms with E-state index in [1.54, 1.807) is 0 Å². The maximum absolute atomic E-state index is 12.4. The van der Waals surface area contributed by atoms with E-state index in [2.05, 4.69) is 31.1 Å². The number of nitrogens with zero attached hydrogens (tertiary/aromatic N) is 1. The zero-order valence-corrected chi connectivity index (χ0v) is 12.8. The molecular weight excluding hydrogens is 252 g/mol. The lowest BCUT2D eigenvalue weighted by Crippen LogP contribution is -2.58. The molecule has 1 N–H and O–H groups in total. The van der Waals surface area contributed by atoms with Gasteiger partial charge in [0, 0.05) is 24.4 Å². The number of piperidine rings is 2. The van der Waals surface area contributed by atoms with Crippen molar-refractivity contribution in [1.29, 1.82) is 0 Å². The van der Waals surface area contributed by atoms with E-state index in [9.17, 15) is 9.59 Å². The quantitative estimate of drug-likeness (QED) is 0.785. The Balaban J connectivity index is 1.90. The Morgan fingerprint density at radius 3 is 2.40 bits per heavy atom. The van der Waals surface area contributed by atoms with Gasteiger partial charge in [-0.25, -0.2) is 0 Å². The number of imide groups is 1. The van der Waals surface area contributed by atoms with E-state index < -0.39 is 0 Å². The maximum Gasteiger partial charge on any atom is 0.230 e. The summed E-state index contributed by atoms with van der Waals surface area (Å²) in [5.41, 5.74) is -0.0674. The van der Waals surface area contributed by atoms with Crippen LogP contribution in [0.1, 0.15) is 52.4 Å². The molecule has 0 aromatic heterocycles. The summed E-state index contributed by atoms with van der Waals surface area (Å²) in [4.78, 5) is 26.8. The minimum Gasteiger partial charge on any atom is -0.300 e. The minimum atomic E-state index is -0.0674. The van der Waals surface area contributed by atoms with Gasteiger partial charge in [0.2, 0.25) is 11.8 Å². The van der Waals surface area contributed by atoms with Crippen molar-refractivity contribution in [3.05, 3.63) is 0 Å². The molecule has 0 aliphatic carbocycles. The van der Waals surface area contributed by atoms with E-state index in [1.165, 1.54) is 12.8 Å². The fraction of sp³-hybridized carbons (Fsp3) is 0.875. The van der Waals surface area contributed by atoms with Crippen LogP contribution in [0.25, 0.3) is 0 Å². The summed E-state index contributed by atoms with van der Waals surface area (Å²) in [5.74, 6) is 0.447. The van der Waals surface area contributed by atoms with Crippen LogP contribution in [0.5, 0.6) is 0 Å². The third-order valence-electron chi connectivity index (χ3n) is 5.81. The van der Waals surface area contributed by atoms with Gasteiger partial charge in [-0.15, -0.1) is 0 Å². The van der Waals surface area contributed by atoms with Crippen molar-refractivity contribution in [3.63, 3.8) is 0 Å². The molecule has 3 aliphatic heterocycles. The molecule has 1 spiro atoms. The molecule has 3 unspecified atom stereocenters. The molecule has 0 radical (unpaired) electrons. The van der Waals surface area contributed by atoms with Gasteiger partial charge in [0.05, 0.1) is 0 Å². The smallest absolute Gasteiger partial charge is 0.230 e. The molecule has 2 amide bonds. The summed E-state index contributed by atoms with van der Waals surface area (Å²) >= 11 is 0. The minimum absolute atomic E-state index is 0.0149. The molecule has 4 heteroatoms. The van der Waals surface area contributed by atoms with E-state index in [1.807, 2.05) is 0 Å². The standard InChI is InChI=1S/C16H26N2O2/c1-10(2)6-13-15(20)17-14(19)9-16(13)7-11-4-5-12(8-16)18(11)3/h10-13H,4-9H2,1-3H3,(H,17,19,20). The third kappa shape index (κ3) is 2.18. The van der Waals surface area contributed by atoms with E-state index in [0.717, 1.165) is 19.3 Å². The van der Waals surface area contributed by atoms with Gasteiger partial charge >= 0.3 is 0 Å². The number of fused-ring (bicyclic) bond motifs is 2. The second-order valence-electron chi connectivity index (χ2n) is 7.59. The molecule has 3 saturated heterocycles. The van der Waals surface area contributed by atoms with E-state index >= 15 is 0 Å². The van der Waals surface area contributed by atoms with Crippen LogP contribution in [-0.2, 0) is 9.59 Å². The first-order valence-electron chi connectivity index (χ1n) is 7.97. The Morgan fingerprint density at radius 2 is 1.85 bits per heavy atom. The highest BCUT2D eigenvalue weighted by Crippen LogP contribution is 2.53. The van der Waals surface area contributed by atoms with Crippen LogP contribution in [-0.4, -0.2) is 35.8 Å². The van der Waals surface area contributed by atoms with Gasteiger partial charge in [0.15, 0.2) is 0 Å². The van der Waals surface area contributed by atoms with Gasteiger partial charge in [-0.3, -0.25) is 14.9 Å². The summed E-state index contributed by atoms with van der Waals surface area (Å²) in [6.45, 7) is 4.34. The van der Waals surface area contributed by atoms with Gasteiger partial charge in [-0.1, -0.05) is 13.8 Å². The lowest BCUT2D eigenvalue weighted by Gasteiger charge is -2.50. The Kier molecular flexibility index (Phi) is 3.39. The lowest BCUT2D eigenvalue weighted by molar-refractivity contribution is -0.148. The zero-order valence-electron chi connectivity index (χ0n) is 12.8. The molecule has 20 heavy (non-hydrogen) atoms. The normalized spacial score (nSPS) is 41.5. The molecule has 0 saturated carbocycles. The maximum atomic E-state index is 12.4. The van der Waals surface area contributed by atoms with Crippen LogP contribution >= 0.6 is 0 Å². The van der Waals surface area contributed by atoms with Crippen molar-refractivity contribution < 1.29 is 9.59 Å². The summed E-state index contributed by atoms with van der Waals surface area (Å²) in [6, 6.07) is 1.14. The number of carbonyl (C=O) groups excluding carboxylic acids is 2. The van der Waals surface area contributed by atoms with E-state index in [0.29, 0.717) is 24.4 Å². The van der Waals surface area contributed by atoms with Gasteiger partial charge in [-0.2, -0.15) is 0 Å². The topological polar surface area (TPSA) is 49.4 Å². The van der Waals surface area contributed by atoms with Crippen molar-refractivity contribution in [1.82, 2.24) is 10.2 Å². The first-order chi connectivity index (χ1) is 9.41. The molecule has 3 fully saturated rings. The fourth-order valence-electron chi connectivity index (χ4n) is 4.85. The summed E-state index contributed by atoms with van der Waals surface area (Å²) in [7, 11) is 2.21. The van der Waals surface area contributed by atoms with Gasteiger partial charge in [0.25, 0.3) is 0 Å². The van der Waals surface area contributed by atoms with Crippen molar-refractivity contribution in [2.75, 3.05) is 7.05 Å². The summed E-state index contributed by atoms with van der Waals surface area (Å²) in [5, 5.41) is 2.58. The van der Waals surface area contributed by atoms with Crippen LogP contribution in [0, 0.1) is 17.3 Å². The second kappa shape index (κ2) is 4.83. The fourth-order valence-corrected chi connectivity index (χ4v) is 4.85. The van der Waals surface area contributed by atoms with Gasteiger partial charge in [-0.05, 0) is 50.5 Å². The molecule has 3 rings (SSSR count). The molecular formula is C16H26N2O2. The Labute approximate surface area is 121 Å². The van der Waals surface area contributed by atoms with Crippen LogP contribution in [0.4, 0.5) is 0 Å². The van der Waals surface area contributed by atoms with Crippen LogP contribution in [0.15, 0.2) is 0 Å². The summed E-state index contributed by atoms with van der Waals surface area (Å²) < 4.78 is 0. The molecule has 3 aliphatic rings.